The molecule has 0 heterocycles. The van der Waals surface area contributed by atoms with Crippen LogP contribution in [0, 0.1) is 0 Å². The summed E-state index contributed by atoms with van der Waals surface area (Å²) in [6.07, 6.45) is -46.2. The first-order valence-electron chi connectivity index (χ1n) is 14.9. The summed E-state index contributed by atoms with van der Waals surface area (Å²) in [6.45, 7) is -5.66. The van der Waals surface area contributed by atoms with Crippen LogP contribution in [0.5, 0.6) is 0 Å². The minimum Gasteiger partial charge on any atom is -0.366 e. The van der Waals surface area contributed by atoms with Crippen molar-refractivity contribution in [3.63, 3.8) is 0 Å². The average molecular weight is 991 g/mol. The molecule has 366 valence electrons. The van der Waals surface area contributed by atoms with Crippen LogP contribution in [0.2, 0.25) is 0 Å². The van der Waals surface area contributed by atoms with Gasteiger partial charge in [-0.2, -0.15) is 114 Å². The second-order valence-electron chi connectivity index (χ2n) is 11.3. The summed E-state index contributed by atoms with van der Waals surface area (Å²) in [4.78, 5) is 44.0. The maximum absolute atomic E-state index is 13.7. The van der Waals surface area contributed by atoms with E-state index in [0.29, 0.717) is 10.6 Å². The van der Waals surface area contributed by atoms with Crippen LogP contribution in [0.1, 0.15) is 20.7 Å². The molecule has 7 N–H and O–H groups in total. The first-order chi connectivity index (χ1) is 27.6. The molecule has 4 amide bonds. The molecule has 0 radical (unpaired) electrons. The highest BCUT2D eigenvalue weighted by Crippen LogP contribution is 2.56. The van der Waals surface area contributed by atoms with Crippen LogP contribution in [0.3, 0.4) is 0 Å². The van der Waals surface area contributed by atoms with Crippen LogP contribution in [0.25, 0.3) is 0 Å². The minimum absolute atomic E-state index is 0.157. The Hall–Kier alpha value is -4.84. The summed E-state index contributed by atoms with van der Waals surface area (Å²) in [5, 5.41) is 2.77. The highest BCUT2D eigenvalue weighted by molar-refractivity contribution is 6.06. The van der Waals surface area contributed by atoms with Gasteiger partial charge in [0.05, 0.1) is 11.1 Å². The number of carbonyl (C=O) groups excluding carboxylic acids is 4. The van der Waals surface area contributed by atoms with Crippen molar-refractivity contribution in [3.05, 3.63) is 35.4 Å². The maximum Gasteiger partial charge on any atom is 0.458 e. The van der Waals surface area contributed by atoms with Crippen LogP contribution in [0.4, 0.5) is 114 Å². The Kier molecular flexibility index (Phi) is 17.3. The quantitative estimate of drug-likeness (QED) is 0.0882. The van der Waals surface area contributed by atoms with E-state index in [1.807, 2.05) is 0 Å². The highest BCUT2D eigenvalue weighted by Gasteiger charge is 2.85. The number of benzene rings is 1. The van der Waals surface area contributed by atoms with Crippen LogP contribution in [-0.2, 0) is 19.1 Å². The molecule has 0 spiro atoms. The largest absolute Gasteiger partial charge is 0.458 e. The smallest absolute Gasteiger partial charge is 0.366 e. The zero-order valence-corrected chi connectivity index (χ0v) is 29.1. The van der Waals surface area contributed by atoms with E-state index in [-0.39, 0.29) is 11.1 Å². The topological polar surface area (TPSA) is 175 Å². The Morgan fingerprint density at radius 1 is 0.429 bits per heavy atom. The summed E-state index contributed by atoms with van der Waals surface area (Å²) in [6, 6.07) is 6.16. The van der Waals surface area contributed by atoms with Gasteiger partial charge >= 0.3 is 72.3 Å². The maximum atomic E-state index is 13.7. The number of hydrogen-bond donors (Lipinski definition) is 5. The van der Waals surface area contributed by atoms with Crippen molar-refractivity contribution in [1.82, 2.24) is 16.0 Å². The SMILES string of the molecule is NC(=O)c1ccccc1C(N)=O.O=C(NCCNCCNC(=O)C(F)(F)C(F)(F)C(F)(F)OC(F)(C(F)(F)F)C(F)(F)F)C(F)(F)C(F)(F)C(F)(F)OC(F)(C(F)(F)F)C(F)(F)F. The van der Waals surface area contributed by atoms with E-state index in [2.05, 4.69) is 0 Å². The molecule has 0 aliphatic rings. The number of alkyl halides is 26. The number of amides is 4. The molecule has 11 nitrogen and oxygen atoms in total. The van der Waals surface area contributed by atoms with Crippen molar-refractivity contribution in [1.29, 1.82) is 0 Å². The van der Waals surface area contributed by atoms with Crippen LogP contribution < -0.4 is 27.4 Å². The second-order valence-corrected chi connectivity index (χ2v) is 11.3. The lowest BCUT2D eigenvalue weighted by atomic mass is 10.1. The van der Waals surface area contributed by atoms with Crippen molar-refractivity contribution in [2.75, 3.05) is 26.2 Å². The summed E-state index contributed by atoms with van der Waals surface area (Å²) >= 11 is 0. The predicted octanol–water partition coefficient (Wildman–Crippen LogP) is 6.03. The van der Waals surface area contributed by atoms with Crippen molar-refractivity contribution >= 4 is 23.6 Å². The Labute approximate surface area is 328 Å². The van der Waals surface area contributed by atoms with Crippen molar-refractivity contribution in [2.24, 2.45) is 11.5 Å². The van der Waals surface area contributed by atoms with Crippen LogP contribution >= 0.6 is 0 Å². The van der Waals surface area contributed by atoms with Crippen molar-refractivity contribution < 1.29 is 143 Å². The number of primary amides is 2. The molecule has 0 aliphatic carbocycles. The molecule has 1 rings (SSSR count). The predicted molar refractivity (Wildman–Crippen MR) is 146 cm³/mol. The summed E-state index contributed by atoms with van der Waals surface area (Å²) in [5.41, 5.74) is 10.3. The van der Waals surface area contributed by atoms with Gasteiger partial charge in [-0.05, 0) is 12.1 Å². The molecule has 0 aromatic heterocycles. The standard InChI is InChI=1S/C18H11F26N3O4.C8H8N2O2/c19-7(20,9(23,24)17(41,42)50-11(27,13(29,30)31)14(32,33)34)5(48)46-3-1-45-2-4-47-6(49)8(21,22)10(25,26)18(43,44)51-12(28,15(35,36)37)16(38,39)40;9-7(11)5-3-1-2-4-6(5)8(10)12/h45H,1-4H2,(H,46,48)(H,47,49);1-4H,(H2,9,11)(H2,10,12). The monoisotopic (exact) mass is 991 g/mol. The summed E-state index contributed by atoms with van der Waals surface area (Å²) < 4.78 is 340. The van der Waals surface area contributed by atoms with E-state index >= 15 is 0 Å². The summed E-state index contributed by atoms with van der Waals surface area (Å²) in [7, 11) is 0. The van der Waals surface area contributed by atoms with Crippen LogP contribution in [-0.4, -0.2) is 122 Å². The van der Waals surface area contributed by atoms with E-state index < -0.39 is 122 Å². The fraction of sp³-hybridized carbons (Fsp3) is 0.615. The fourth-order valence-corrected chi connectivity index (χ4v) is 3.47. The van der Waals surface area contributed by atoms with E-state index in [0.717, 1.165) is 0 Å². The Morgan fingerprint density at radius 2 is 0.667 bits per heavy atom. The molecule has 63 heavy (non-hydrogen) atoms. The third-order valence-electron chi connectivity index (χ3n) is 6.72. The average Bonchev–Trinajstić information content (AvgIpc) is 3.08. The Morgan fingerprint density at radius 3 is 0.873 bits per heavy atom. The normalized spacial score (nSPS) is 14.4. The van der Waals surface area contributed by atoms with Gasteiger partial charge in [-0.1, -0.05) is 12.1 Å². The first-order valence-corrected chi connectivity index (χ1v) is 14.9. The lowest BCUT2D eigenvalue weighted by molar-refractivity contribution is -0.512. The van der Waals surface area contributed by atoms with Gasteiger partial charge < -0.3 is 27.4 Å². The minimum atomic E-state index is -7.79. The Balaban J connectivity index is 0.00000273. The molecule has 37 heteroatoms. The number of carbonyl (C=O) groups is 4. The molecule has 0 atom stereocenters. The zero-order valence-electron chi connectivity index (χ0n) is 29.1. The number of halogens is 26. The lowest BCUT2D eigenvalue weighted by Gasteiger charge is -2.37. The van der Waals surface area contributed by atoms with Crippen molar-refractivity contribution in [3.8, 4) is 0 Å². The molecule has 0 saturated heterocycles. The molecule has 0 bridgehead atoms. The Bertz CT molecular complexity index is 1620. The molecule has 0 fully saturated rings. The molecule has 0 saturated carbocycles. The van der Waals surface area contributed by atoms with Crippen molar-refractivity contribution in [2.45, 2.75) is 72.3 Å². The van der Waals surface area contributed by atoms with Crippen LogP contribution in [0.15, 0.2) is 24.3 Å². The second kappa shape index (κ2) is 18.7. The molecule has 0 unspecified atom stereocenters. The third kappa shape index (κ3) is 12.0. The van der Waals surface area contributed by atoms with Gasteiger partial charge in [0, 0.05) is 26.2 Å². The number of hydrogen-bond acceptors (Lipinski definition) is 7. The number of nitrogens with two attached hydrogens (primary N) is 2. The van der Waals surface area contributed by atoms with Gasteiger partial charge in [0.1, 0.15) is 0 Å². The van der Waals surface area contributed by atoms with Gasteiger partial charge in [-0.15, -0.1) is 0 Å². The van der Waals surface area contributed by atoms with Gasteiger partial charge in [0.15, 0.2) is 0 Å². The molecule has 0 aliphatic heterocycles. The first kappa shape index (κ1) is 58.2. The van der Waals surface area contributed by atoms with E-state index in [1.54, 1.807) is 17.4 Å². The molecular weight excluding hydrogens is 972 g/mol. The van der Waals surface area contributed by atoms with Gasteiger partial charge in [0.25, 0.3) is 11.8 Å². The van der Waals surface area contributed by atoms with Gasteiger partial charge in [-0.3, -0.25) is 28.7 Å². The number of nitrogens with one attached hydrogen (secondary N) is 3. The highest BCUT2D eigenvalue weighted by atomic mass is 19.4. The molecule has 1 aromatic rings. The molecular formula is C26H19F26N5O6. The number of rotatable bonds is 18. The van der Waals surface area contributed by atoms with E-state index in [9.17, 15) is 133 Å². The van der Waals surface area contributed by atoms with Gasteiger partial charge in [0.2, 0.25) is 11.8 Å². The lowest BCUT2D eigenvalue weighted by Crippen LogP contribution is -2.67. The van der Waals surface area contributed by atoms with E-state index in [4.69, 9.17) is 11.5 Å². The zero-order chi connectivity index (χ0) is 50.7. The third-order valence-corrected chi connectivity index (χ3v) is 6.72. The number of ether oxygens (including phenoxy) is 2. The fourth-order valence-electron chi connectivity index (χ4n) is 3.47. The van der Waals surface area contributed by atoms with Gasteiger partial charge in [-0.25, -0.2) is 0 Å². The summed E-state index contributed by atoms with van der Waals surface area (Å²) in [5.74, 6) is -53.7. The van der Waals surface area contributed by atoms with E-state index in [1.165, 1.54) is 21.6 Å². The molecule has 1 aromatic carbocycles.